The van der Waals surface area contributed by atoms with Crippen molar-refractivity contribution in [2.24, 2.45) is 0 Å². The molecule has 2 aromatic carbocycles. The number of carbonyl (C=O) groups is 1. The molecule has 0 saturated heterocycles. The second kappa shape index (κ2) is 12.3. The van der Waals surface area contributed by atoms with Crippen LogP contribution in [-0.4, -0.2) is 57.9 Å². The number of aliphatic hydroxyl groups is 1. The normalized spacial score (nSPS) is 13.1. The molecule has 6 nitrogen and oxygen atoms in total. The number of ether oxygens (including phenoxy) is 2. The van der Waals surface area contributed by atoms with E-state index >= 15 is 0 Å². The van der Waals surface area contributed by atoms with Crippen LogP contribution in [0.3, 0.4) is 0 Å². The number of carbonyl (C=O) groups excluding carboxylic acids is 1. The highest BCUT2D eigenvalue weighted by Gasteiger charge is 2.20. The molecule has 2 rings (SSSR count). The van der Waals surface area contributed by atoms with E-state index in [1.165, 1.54) is 10.5 Å². The molecule has 0 unspecified atom stereocenters. The second-order valence-electron chi connectivity index (χ2n) is 7.97. The summed E-state index contributed by atoms with van der Waals surface area (Å²) < 4.78 is 10.9. The van der Waals surface area contributed by atoms with Crippen LogP contribution in [0.15, 0.2) is 48.5 Å². The van der Waals surface area contributed by atoms with E-state index in [9.17, 15) is 9.90 Å². The van der Waals surface area contributed by atoms with Crippen molar-refractivity contribution in [2.45, 2.75) is 31.9 Å². The summed E-state index contributed by atoms with van der Waals surface area (Å²) in [7, 11) is 5.95. The number of likely N-dealkylation sites (N-methyl/N-ethyl adjacent to an activating group) is 1. The van der Waals surface area contributed by atoms with Gasteiger partial charge < -0.3 is 29.6 Å². The van der Waals surface area contributed by atoms with Gasteiger partial charge in [-0.25, -0.2) is 0 Å². The Morgan fingerprint density at radius 2 is 1.67 bits per heavy atom. The molecular weight excluding hydrogens is 380 g/mol. The zero-order chi connectivity index (χ0) is 21.9. The molecule has 0 aliphatic carbocycles. The average molecular weight is 417 g/mol. The fraction of sp³-hybridized carbons (Fsp3) is 0.458. The third-order valence-electron chi connectivity index (χ3n) is 5.19. The van der Waals surface area contributed by atoms with Crippen molar-refractivity contribution < 1.29 is 29.6 Å². The molecule has 4 N–H and O–H groups in total. The van der Waals surface area contributed by atoms with Crippen molar-refractivity contribution in [2.75, 3.05) is 40.9 Å². The summed E-state index contributed by atoms with van der Waals surface area (Å²) >= 11 is 0. The molecule has 164 valence electrons. The Balaban J connectivity index is 1.74. The summed E-state index contributed by atoms with van der Waals surface area (Å²) in [4.78, 5) is 12.4. The van der Waals surface area contributed by atoms with Crippen LogP contribution in [0.2, 0.25) is 0 Å². The number of benzene rings is 2. The van der Waals surface area contributed by atoms with Crippen LogP contribution in [-0.2, 0) is 11.2 Å². The second-order valence-corrected chi connectivity index (χ2v) is 7.97. The first-order valence-corrected chi connectivity index (χ1v) is 10.5. The first-order chi connectivity index (χ1) is 14.4. The standard InChI is InChI=1S/C24H34N2O4/c1-18(27)5-6-19-7-11-23(12-8-19)30-17-21(28)15-25-16-24(26(2)3)20-9-13-22(29-4)14-10-20/h7-14,21,24-25,28H,5-6,15-17H2,1-4H3/p+2/t21-,24-/m0/s1. The molecule has 0 amide bonds. The van der Waals surface area contributed by atoms with Crippen molar-refractivity contribution in [3.63, 3.8) is 0 Å². The van der Waals surface area contributed by atoms with Gasteiger partial charge in [-0.1, -0.05) is 12.1 Å². The van der Waals surface area contributed by atoms with E-state index in [-0.39, 0.29) is 12.4 Å². The van der Waals surface area contributed by atoms with E-state index in [1.54, 1.807) is 14.0 Å². The predicted molar refractivity (Wildman–Crippen MR) is 117 cm³/mol. The number of aryl methyl sites for hydroxylation is 1. The van der Waals surface area contributed by atoms with Crippen LogP contribution in [0, 0.1) is 0 Å². The number of rotatable bonds is 13. The monoisotopic (exact) mass is 416 g/mol. The molecule has 0 aromatic heterocycles. The maximum absolute atomic E-state index is 11.1. The first kappa shape index (κ1) is 23.9. The van der Waals surface area contributed by atoms with Gasteiger partial charge in [-0.3, -0.25) is 0 Å². The molecule has 2 aromatic rings. The maximum Gasteiger partial charge on any atom is 0.162 e. The van der Waals surface area contributed by atoms with E-state index in [0.717, 1.165) is 30.0 Å². The van der Waals surface area contributed by atoms with Gasteiger partial charge in [0.15, 0.2) is 6.04 Å². The van der Waals surface area contributed by atoms with Crippen LogP contribution >= 0.6 is 0 Å². The summed E-state index contributed by atoms with van der Waals surface area (Å²) in [6, 6.07) is 16.2. The molecule has 0 saturated carbocycles. The lowest BCUT2D eigenvalue weighted by atomic mass is 10.1. The lowest BCUT2D eigenvalue weighted by Gasteiger charge is -2.21. The minimum Gasteiger partial charge on any atom is -0.497 e. The van der Waals surface area contributed by atoms with E-state index in [2.05, 4.69) is 31.5 Å². The highest BCUT2D eigenvalue weighted by atomic mass is 16.5. The van der Waals surface area contributed by atoms with E-state index in [0.29, 0.717) is 19.0 Å². The smallest absolute Gasteiger partial charge is 0.162 e. The Kier molecular flexibility index (Phi) is 9.80. The summed E-state index contributed by atoms with van der Waals surface area (Å²) in [5.74, 6) is 1.78. The van der Waals surface area contributed by atoms with Crippen LogP contribution in [0.5, 0.6) is 11.5 Å². The fourth-order valence-corrected chi connectivity index (χ4v) is 3.33. The number of aliphatic hydroxyl groups excluding tert-OH is 1. The van der Waals surface area contributed by atoms with Gasteiger partial charge in [-0.15, -0.1) is 0 Å². The minimum atomic E-state index is -0.545. The van der Waals surface area contributed by atoms with Gasteiger partial charge in [0.25, 0.3) is 0 Å². The molecule has 0 fully saturated rings. The number of methoxy groups -OCH3 is 1. The zero-order valence-electron chi connectivity index (χ0n) is 18.6. The highest BCUT2D eigenvalue weighted by molar-refractivity contribution is 5.75. The number of nitrogens with one attached hydrogen (secondary N) is 1. The molecule has 0 aliphatic heterocycles. The lowest BCUT2D eigenvalue weighted by molar-refractivity contribution is -0.909. The van der Waals surface area contributed by atoms with Crippen molar-refractivity contribution in [1.29, 1.82) is 0 Å². The van der Waals surface area contributed by atoms with Gasteiger partial charge in [-0.05, 0) is 55.3 Å². The van der Waals surface area contributed by atoms with Crippen molar-refractivity contribution in [1.82, 2.24) is 0 Å². The number of ketones is 1. The number of Topliss-reactive ketones (excluding diaryl/α,β-unsaturated/α-hetero) is 1. The Bertz CT molecular complexity index is 760. The quantitative estimate of drug-likeness (QED) is 0.442. The highest BCUT2D eigenvalue weighted by Crippen LogP contribution is 2.15. The zero-order valence-corrected chi connectivity index (χ0v) is 18.6. The Labute approximate surface area is 179 Å². The van der Waals surface area contributed by atoms with Gasteiger partial charge in [0.2, 0.25) is 0 Å². The van der Waals surface area contributed by atoms with Gasteiger partial charge >= 0.3 is 0 Å². The lowest BCUT2D eigenvalue weighted by Crippen LogP contribution is -3.09. The average Bonchev–Trinajstić information content (AvgIpc) is 2.74. The van der Waals surface area contributed by atoms with Crippen LogP contribution in [0.25, 0.3) is 0 Å². The SMILES string of the molecule is COc1ccc([C@H](C[NH2+]C[C@H](O)COc2ccc(CCC(C)=O)cc2)[NH+](C)C)cc1. The van der Waals surface area contributed by atoms with Gasteiger partial charge in [0.1, 0.15) is 43.1 Å². The number of quaternary nitrogens is 2. The number of nitrogens with two attached hydrogens (primary N) is 1. The Morgan fingerprint density at radius 3 is 2.23 bits per heavy atom. The van der Waals surface area contributed by atoms with Gasteiger partial charge in [0.05, 0.1) is 21.2 Å². The van der Waals surface area contributed by atoms with Crippen molar-refractivity contribution in [3.8, 4) is 11.5 Å². The topological polar surface area (TPSA) is 76.8 Å². The first-order valence-electron chi connectivity index (χ1n) is 10.5. The summed E-state index contributed by atoms with van der Waals surface area (Å²) in [6.07, 6.45) is 0.758. The third kappa shape index (κ3) is 8.14. The Hall–Kier alpha value is -2.41. The summed E-state index contributed by atoms with van der Waals surface area (Å²) in [5.41, 5.74) is 2.37. The molecule has 0 radical (unpaired) electrons. The van der Waals surface area contributed by atoms with E-state index in [4.69, 9.17) is 9.47 Å². The van der Waals surface area contributed by atoms with Crippen LogP contribution < -0.4 is 19.7 Å². The van der Waals surface area contributed by atoms with Crippen LogP contribution in [0.1, 0.15) is 30.5 Å². The largest absolute Gasteiger partial charge is 0.497 e. The van der Waals surface area contributed by atoms with Crippen molar-refractivity contribution >= 4 is 5.78 Å². The Morgan fingerprint density at radius 1 is 1.03 bits per heavy atom. The molecule has 0 spiro atoms. The molecule has 2 atom stereocenters. The van der Waals surface area contributed by atoms with Gasteiger partial charge in [0, 0.05) is 12.0 Å². The maximum atomic E-state index is 11.1. The molecular formula is C24H36N2O4+2. The summed E-state index contributed by atoms with van der Waals surface area (Å²) in [6.45, 7) is 3.31. The van der Waals surface area contributed by atoms with E-state index in [1.807, 2.05) is 36.4 Å². The number of hydrogen-bond acceptors (Lipinski definition) is 4. The fourth-order valence-electron chi connectivity index (χ4n) is 3.33. The molecule has 0 bridgehead atoms. The van der Waals surface area contributed by atoms with Gasteiger partial charge in [-0.2, -0.15) is 0 Å². The van der Waals surface area contributed by atoms with Crippen LogP contribution in [0.4, 0.5) is 0 Å². The molecule has 0 heterocycles. The molecule has 30 heavy (non-hydrogen) atoms. The predicted octanol–water partition coefficient (Wildman–Crippen LogP) is 0.406. The molecule has 6 heteroatoms. The minimum absolute atomic E-state index is 0.194. The third-order valence-corrected chi connectivity index (χ3v) is 5.19. The van der Waals surface area contributed by atoms with Crippen molar-refractivity contribution in [3.05, 3.63) is 59.7 Å². The number of hydrogen-bond donors (Lipinski definition) is 3. The van der Waals surface area contributed by atoms with E-state index < -0.39 is 6.10 Å². The molecule has 0 aliphatic rings. The summed E-state index contributed by atoms with van der Waals surface area (Å²) in [5, 5.41) is 12.4.